The molecule has 1 aliphatic carbocycles. The molecule has 0 unspecified atom stereocenters. The molecular formula is C11H23N3O. The highest BCUT2D eigenvalue weighted by atomic mass is 16.1. The van der Waals surface area contributed by atoms with Crippen molar-refractivity contribution in [2.75, 3.05) is 19.6 Å². The van der Waals surface area contributed by atoms with Gasteiger partial charge in [0.15, 0.2) is 0 Å². The minimum Gasteiger partial charge on any atom is -0.356 e. The van der Waals surface area contributed by atoms with Crippen molar-refractivity contribution >= 4 is 5.91 Å². The van der Waals surface area contributed by atoms with Gasteiger partial charge in [-0.15, -0.1) is 0 Å². The Hall–Kier alpha value is -0.610. The Morgan fingerprint density at radius 3 is 2.40 bits per heavy atom. The van der Waals surface area contributed by atoms with Gasteiger partial charge in [-0.1, -0.05) is 0 Å². The summed E-state index contributed by atoms with van der Waals surface area (Å²) in [5, 5.41) is 2.94. The topological polar surface area (TPSA) is 81.1 Å². The van der Waals surface area contributed by atoms with Crippen molar-refractivity contribution in [1.82, 2.24) is 5.32 Å². The van der Waals surface area contributed by atoms with Gasteiger partial charge >= 0.3 is 0 Å². The lowest BCUT2D eigenvalue weighted by Crippen LogP contribution is -2.35. The maximum atomic E-state index is 11.7. The van der Waals surface area contributed by atoms with E-state index in [1.807, 2.05) is 0 Å². The number of carbonyl (C=O) groups excluding carboxylic acids is 1. The summed E-state index contributed by atoms with van der Waals surface area (Å²) in [7, 11) is 0. The second-order valence-corrected chi connectivity index (χ2v) is 4.39. The van der Waals surface area contributed by atoms with Crippen LogP contribution in [-0.2, 0) is 4.79 Å². The van der Waals surface area contributed by atoms with Crippen LogP contribution in [0.5, 0.6) is 0 Å². The van der Waals surface area contributed by atoms with Gasteiger partial charge in [0.2, 0.25) is 5.91 Å². The molecule has 1 fully saturated rings. The highest BCUT2D eigenvalue weighted by Crippen LogP contribution is 2.27. The molecule has 1 rings (SSSR count). The van der Waals surface area contributed by atoms with E-state index in [-0.39, 0.29) is 11.8 Å². The Morgan fingerprint density at radius 1 is 1.20 bits per heavy atom. The van der Waals surface area contributed by atoms with Crippen LogP contribution in [0.25, 0.3) is 0 Å². The molecular weight excluding hydrogens is 190 g/mol. The number of nitrogens with two attached hydrogens (primary N) is 2. The molecule has 5 N–H and O–H groups in total. The van der Waals surface area contributed by atoms with Crippen LogP contribution < -0.4 is 16.8 Å². The Balaban J connectivity index is 2.18. The molecule has 0 saturated heterocycles. The second-order valence-electron chi connectivity index (χ2n) is 4.39. The van der Waals surface area contributed by atoms with Crippen molar-refractivity contribution in [1.29, 1.82) is 0 Å². The van der Waals surface area contributed by atoms with Gasteiger partial charge in [0.05, 0.1) is 0 Å². The lowest BCUT2D eigenvalue weighted by Gasteiger charge is -2.26. The quantitative estimate of drug-likeness (QED) is 0.571. The summed E-state index contributed by atoms with van der Waals surface area (Å²) >= 11 is 0. The van der Waals surface area contributed by atoms with Crippen LogP contribution >= 0.6 is 0 Å². The largest absolute Gasteiger partial charge is 0.356 e. The molecule has 1 saturated carbocycles. The average molecular weight is 213 g/mol. The van der Waals surface area contributed by atoms with Gasteiger partial charge in [0.1, 0.15) is 0 Å². The van der Waals surface area contributed by atoms with E-state index in [4.69, 9.17) is 11.5 Å². The van der Waals surface area contributed by atoms with Crippen LogP contribution in [0, 0.1) is 11.8 Å². The third-order valence-corrected chi connectivity index (χ3v) is 3.23. The fourth-order valence-electron chi connectivity index (χ4n) is 2.12. The van der Waals surface area contributed by atoms with Crippen molar-refractivity contribution in [2.45, 2.75) is 32.1 Å². The summed E-state index contributed by atoms with van der Waals surface area (Å²) in [4.78, 5) is 11.7. The number of hydrogen-bond donors (Lipinski definition) is 3. The van der Waals surface area contributed by atoms with E-state index < -0.39 is 0 Å². The molecule has 0 aromatic carbocycles. The van der Waals surface area contributed by atoms with E-state index in [0.717, 1.165) is 38.6 Å². The Labute approximate surface area is 91.8 Å². The van der Waals surface area contributed by atoms with E-state index in [1.54, 1.807) is 0 Å². The van der Waals surface area contributed by atoms with Crippen LogP contribution in [0.15, 0.2) is 0 Å². The smallest absolute Gasteiger partial charge is 0.223 e. The summed E-state index contributed by atoms with van der Waals surface area (Å²) in [5.74, 6) is 1.06. The van der Waals surface area contributed by atoms with Gasteiger partial charge in [0.25, 0.3) is 0 Å². The van der Waals surface area contributed by atoms with Crippen molar-refractivity contribution in [3.8, 4) is 0 Å². The fourth-order valence-corrected chi connectivity index (χ4v) is 2.12. The van der Waals surface area contributed by atoms with E-state index in [2.05, 4.69) is 5.32 Å². The van der Waals surface area contributed by atoms with Crippen molar-refractivity contribution in [3.05, 3.63) is 0 Å². The molecule has 0 heterocycles. The second kappa shape index (κ2) is 6.80. The predicted molar refractivity (Wildman–Crippen MR) is 61.2 cm³/mol. The molecule has 15 heavy (non-hydrogen) atoms. The maximum absolute atomic E-state index is 11.7. The summed E-state index contributed by atoms with van der Waals surface area (Å²) in [5.41, 5.74) is 11.0. The number of carbonyl (C=O) groups is 1. The van der Waals surface area contributed by atoms with Gasteiger partial charge in [-0.2, -0.15) is 0 Å². The van der Waals surface area contributed by atoms with Gasteiger partial charge < -0.3 is 16.8 Å². The SMILES string of the molecule is NCCCNC(=O)C1CCC(CN)CC1. The van der Waals surface area contributed by atoms with Crippen molar-refractivity contribution < 1.29 is 4.79 Å². The van der Waals surface area contributed by atoms with Crippen molar-refractivity contribution in [3.63, 3.8) is 0 Å². The number of hydrogen-bond acceptors (Lipinski definition) is 3. The van der Waals surface area contributed by atoms with Crippen LogP contribution in [0.3, 0.4) is 0 Å². The first-order valence-corrected chi connectivity index (χ1v) is 5.95. The summed E-state index contributed by atoms with van der Waals surface area (Å²) in [6, 6.07) is 0. The molecule has 88 valence electrons. The molecule has 1 aliphatic rings. The zero-order chi connectivity index (χ0) is 11.1. The Morgan fingerprint density at radius 2 is 1.87 bits per heavy atom. The van der Waals surface area contributed by atoms with Gasteiger partial charge in [0, 0.05) is 12.5 Å². The Bertz CT molecular complexity index is 188. The lowest BCUT2D eigenvalue weighted by atomic mass is 9.81. The van der Waals surface area contributed by atoms with E-state index in [0.29, 0.717) is 19.0 Å². The third kappa shape index (κ3) is 4.18. The zero-order valence-corrected chi connectivity index (χ0v) is 9.37. The monoisotopic (exact) mass is 213 g/mol. The van der Waals surface area contributed by atoms with Gasteiger partial charge in [-0.3, -0.25) is 4.79 Å². The van der Waals surface area contributed by atoms with Crippen LogP contribution in [-0.4, -0.2) is 25.5 Å². The van der Waals surface area contributed by atoms with Crippen LogP contribution in [0.1, 0.15) is 32.1 Å². The van der Waals surface area contributed by atoms with Crippen LogP contribution in [0.4, 0.5) is 0 Å². The summed E-state index contributed by atoms with van der Waals surface area (Å²) < 4.78 is 0. The third-order valence-electron chi connectivity index (χ3n) is 3.23. The first-order valence-electron chi connectivity index (χ1n) is 5.95. The number of rotatable bonds is 5. The summed E-state index contributed by atoms with van der Waals surface area (Å²) in [6.45, 7) is 2.12. The Kier molecular flexibility index (Phi) is 5.65. The summed E-state index contributed by atoms with van der Waals surface area (Å²) in [6.07, 6.45) is 5.06. The minimum absolute atomic E-state index is 0.207. The fraction of sp³-hybridized carbons (Fsp3) is 0.909. The molecule has 0 atom stereocenters. The number of nitrogens with one attached hydrogen (secondary N) is 1. The van der Waals surface area contributed by atoms with E-state index in [9.17, 15) is 4.79 Å². The van der Waals surface area contributed by atoms with Gasteiger partial charge in [-0.05, 0) is 51.1 Å². The van der Waals surface area contributed by atoms with Crippen LogP contribution in [0.2, 0.25) is 0 Å². The highest BCUT2D eigenvalue weighted by Gasteiger charge is 2.24. The maximum Gasteiger partial charge on any atom is 0.223 e. The molecule has 4 nitrogen and oxygen atoms in total. The number of amides is 1. The molecule has 0 bridgehead atoms. The molecule has 0 radical (unpaired) electrons. The van der Waals surface area contributed by atoms with E-state index >= 15 is 0 Å². The zero-order valence-electron chi connectivity index (χ0n) is 9.37. The van der Waals surface area contributed by atoms with Crippen molar-refractivity contribution in [2.24, 2.45) is 23.3 Å². The normalized spacial score (nSPS) is 26.3. The molecule has 0 aromatic rings. The lowest BCUT2D eigenvalue weighted by molar-refractivity contribution is -0.126. The minimum atomic E-state index is 0.207. The highest BCUT2D eigenvalue weighted by molar-refractivity contribution is 5.78. The first-order chi connectivity index (χ1) is 7.27. The molecule has 0 spiro atoms. The first kappa shape index (κ1) is 12.5. The van der Waals surface area contributed by atoms with Gasteiger partial charge in [-0.25, -0.2) is 0 Å². The molecule has 0 aromatic heterocycles. The predicted octanol–water partition coefficient (Wildman–Crippen LogP) is 0.217. The molecule has 0 aliphatic heterocycles. The molecule has 1 amide bonds. The molecule has 4 heteroatoms. The van der Waals surface area contributed by atoms with E-state index in [1.165, 1.54) is 0 Å². The average Bonchev–Trinajstić information content (AvgIpc) is 2.29. The standard InChI is InChI=1S/C11H23N3O/c12-6-1-7-14-11(15)10-4-2-9(8-13)3-5-10/h9-10H,1-8,12-13H2,(H,14,15).